The number of ketones is 1. The Labute approximate surface area is 157 Å². The average Bonchev–Trinajstić information content (AvgIpc) is 2.64. The first kappa shape index (κ1) is 19.8. The fraction of sp³-hybridized carbons (Fsp3) is 0.300. The van der Waals surface area contributed by atoms with Gasteiger partial charge < -0.3 is 14.2 Å². The fourth-order valence-corrected chi connectivity index (χ4v) is 3.19. The SMILES string of the molecule is COc1ccc(C(=O)COC(=O)CSc2ccc(C)cc2C)cc1OC. The number of ether oxygens (including phenoxy) is 3. The minimum atomic E-state index is -0.427. The molecule has 0 heterocycles. The third-order valence-electron chi connectivity index (χ3n) is 3.75. The molecule has 0 spiro atoms. The predicted molar refractivity (Wildman–Crippen MR) is 101 cm³/mol. The second kappa shape index (κ2) is 9.29. The highest BCUT2D eigenvalue weighted by Crippen LogP contribution is 2.28. The van der Waals surface area contributed by atoms with Crippen LogP contribution in [0, 0.1) is 13.8 Å². The van der Waals surface area contributed by atoms with Crippen molar-refractivity contribution < 1.29 is 23.8 Å². The smallest absolute Gasteiger partial charge is 0.316 e. The summed E-state index contributed by atoms with van der Waals surface area (Å²) in [4.78, 5) is 25.1. The van der Waals surface area contributed by atoms with E-state index in [-0.39, 0.29) is 18.1 Å². The zero-order valence-electron chi connectivity index (χ0n) is 15.3. The van der Waals surface area contributed by atoms with E-state index < -0.39 is 5.97 Å². The van der Waals surface area contributed by atoms with Gasteiger partial charge in [-0.3, -0.25) is 9.59 Å². The van der Waals surface area contributed by atoms with Crippen molar-refractivity contribution >= 4 is 23.5 Å². The highest BCUT2D eigenvalue weighted by atomic mass is 32.2. The highest BCUT2D eigenvalue weighted by Gasteiger charge is 2.14. The lowest BCUT2D eigenvalue weighted by Crippen LogP contribution is -2.15. The molecule has 0 atom stereocenters. The number of benzene rings is 2. The minimum absolute atomic E-state index is 0.156. The van der Waals surface area contributed by atoms with Gasteiger partial charge in [-0.25, -0.2) is 0 Å². The standard InChI is InChI=1S/C20H22O5S/c1-13-5-8-19(14(2)9-13)26-12-20(22)25-11-16(21)15-6-7-17(23-3)18(10-15)24-4/h5-10H,11-12H2,1-4H3. The first-order valence-electron chi connectivity index (χ1n) is 8.05. The van der Waals surface area contributed by atoms with Crippen molar-refractivity contribution in [1.82, 2.24) is 0 Å². The topological polar surface area (TPSA) is 61.8 Å². The largest absolute Gasteiger partial charge is 0.493 e. The maximum atomic E-state index is 12.2. The third-order valence-corrected chi connectivity index (χ3v) is 4.89. The average molecular weight is 374 g/mol. The summed E-state index contributed by atoms with van der Waals surface area (Å²) in [5, 5.41) is 0. The Kier molecular flexibility index (Phi) is 7.09. The van der Waals surface area contributed by atoms with E-state index in [1.807, 2.05) is 26.0 Å². The Bertz CT molecular complexity index is 801. The molecule has 0 aliphatic carbocycles. The van der Waals surface area contributed by atoms with Crippen LogP contribution in [0.15, 0.2) is 41.3 Å². The molecule has 0 radical (unpaired) electrons. The lowest BCUT2D eigenvalue weighted by molar-refractivity contribution is -0.139. The third kappa shape index (κ3) is 5.26. The van der Waals surface area contributed by atoms with Crippen LogP contribution in [0.4, 0.5) is 0 Å². The van der Waals surface area contributed by atoms with E-state index in [9.17, 15) is 9.59 Å². The van der Waals surface area contributed by atoms with Gasteiger partial charge in [0.05, 0.1) is 20.0 Å². The molecule has 0 bridgehead atoms. The van der Waals surface area contributed by atoms with Crippen LogP contribution in [0.25, 0.3) is 0 Å². The maximum absolute atomic E-state index is 12.2. The Morgan fingerprint density at radius 3 is 2.35 bits per heavy atom. The Balaban J connectivity index is 1.87. The number of Topliss-reactive ketones (excluding diaryl/α,β-unsaturated/α-hetero) is 1. The summed E-state index contributed by atoms with van der Waals surface area (Å²) >= 11 is 1.40. The molecule has 0 fully saturated rings. The van der Waals surface area contributed by atoms with Gasteiger partial charge in [0.1, 0.15) is 0 Å². The van der Waals surface area contributed by atoms with Gasteiger partial charge in [-0.05, 0) is 43.7 Å². The van der Waals surface area contributed by atoms with E-state index in [0.29, 0.717) is 17.1 Å². The molecule has 6 heteroatoms. The molecule has 0 aromatic heterocycles. The molecule has 0 unspecified atom stereocenters. The summed E-state index contributed by atoms with van der Waals surface area (Å²) < 4.78 is 15.4. The van der Waals surface area contributed by atoms with Crippen molar-refractivity contribution in [1.29, 1.82) is 0 Å². The summed E-state index contributed by atoms with van der Waals surface area (Å²) in [5.41, 5.74) is 2.69. The van der Waals surface area contributed by atoms with Gasteiger partial charge >= 0.3 is 5.97 Å². The molecule has 138 valence electrons. The second-order valence-corrected chi connectivity index (χ2v) is 6.73. The van der Waals surface area contributed by atoms with E-state index in [0.717, 1.165) is 10.5 Å². The monoisotopic (exact) mass is 374 g/mol. The van der Waals surface area contributed by atoms with E-state index in [2.05, 4.69) is 6.07 Å². The number of hydrogen-bond donors (Lipinski definition) is 0. The van der Waals surface area contributed by atoms with Crippen molar-refractivity contribution in [3.63, 3.8) is 0 Å². The van der Waals surface area contributed by atoms with Crippen LogP contribution in [0.5, 0.6) is 11.5 Å². The van der Waals surface area contributed by atoms with Crippen molar-refractivity contribution in [2.45, 2.75) is 18.7 Å². The summed E-state index contributed by atoms with van der Waals surface area (Å²) in [6, 6.07) is 10.9. The molecule has 26 heavy (non-hydrogen) atoms. The Hall–Kier alpha value is -2.47. The molecule has 0 aliphatic rings. The summed E-state index contributed by atoms with van der Waals surface area (Å²) in [6.45, 7) is 3.72. The molecule has 0 aliphatic heterocycles. The molecule has 2 aromatic carbocycles. The van der Waals surface area contributed by atoms with Gasteiger partial charge in [-0.1, -0.05) is 17.7 Å². The van der Waals surface area contributed by atoms with Crippen molar-refractivity contribution in [3.8, 4) is 11.5 Å². The fourth-order valence-electron chi connectivity index (χ4n) is 2.38. The summed E-state index contributed by atoms with van der Waals surface area (Å²) in [7, 11) is 3.02. The molecule has 0 saturated heterocycles. The zero-order chi connectivity index (χ0) is 19.1. The van der Waals surface area contributed by atoms with Gasteiger partial charge in [0, 0.05) is 10.5 Å². The van der Waals surface area contributed by atoms with Crippen LogP contribution >= 0.6 is 11.8 Å². The number of carbonyl (C=O) groups is 2. The molecule has 2 rings (SSSR count). The number of carbonyl (C=O) groups excluding carboxylic acids is 2. The van der Waals surface area contributed by atoms with Crippen LogP contribution in [0.2, 0.25) is 0 Å². The predicted octanol–water partition coefficient (Wildman–Crippen LogP) is 3.84. The highest BCUT2D eigenvalue weighted by molar-refractivity contribution is 8.00. The van der Waals surface area contributed by atoms with Crippen LogP contribution in [0.3, 0.4) is 0 Å². The molecule has 0 saturated carbocycles. The van der Waals surface area contributed by atoms with Crippen LogP contribution in [-0.2, 0) is 9.53 Å². The summed E-state index contributed by atoms with van der Waals surface area (Å²) in [5.74, 6) is 0.420. The molecule has 2 aromatic rings. The van der Waals surface area contributed by atoms with Gasteiger partial charge in [-0.15, -0.1) is 11.8 Å². The van der Waals surface area contributed by atoms with Gasteiger partial charge in [0.25, 0.3) is 0 Å². The number of thioether (sulfide) groups is 1. The Morgan fingerprint density at radius 1 is 0.962 bits per heavy atom. The Morgan fingerprint density at radius 2 is 1.69 bits per heavy atom. The van der Waals surface area contributed by atoms with Gasteiger partial charge in [0.2, 0.25) is 0 Å². The normalized spacial score (nSPS) is 10.3. The first-order valence-corrected chi connectivity index (χ1v) is 9.04. The lowest BCUT2D eigenvalue weighted by atomic mass is 10.1. The lowest BCUT2D eigenvalue weighted by Gasteiger charge is -2.09. The van der Waals surface area contributed by atoms with E-state index in [1.165, 1.54) is 31.5 Å². The second-order valence-electron chi connectivity index (χ2n) is 5.71. The number of methoxy groups -OCH3 is 2. The number of rotatable bonds is 8. The van der Waals surface area contributed by atoms with Crippen molar-refractivity contribution in [2.75, 3.05) is 26.6 Å². The minimum Gasteiger partial charge on any atom is -0.493 e. The molecule has 0 amide bonds. The molecular formula is C20H22O5S. The van der Waals surface area contributed by atoms with Crippen LogP contribution in [-0.4, -0.2) is 38.3 Å². The summed E-state index contributed by atoms with van der Waals surface area (Å²) in [6.07, 6.45) is 0. The van der Waals surface area contributed by atoms with Crippen LogP contribution < -0.4 is 9.47 Å². The number of hydrogen-bond acceptors (Lipinski definition) is 6. The first-order chi connectivity index (χ1) is 12.4. The van der Waals surface area contributed by atoms with Crippen molar-refractivity contribution in [3.05, 3.63) is 53.1 Å². The van der Waals surface area contributed by atoms with Crippen LogP contribution in [0.1, 0.15) is 21.5 Å². The van der Waals surface area contributed by atoms with Gasteiger partial charge in [-0.2, -0.15) is 0 Å². The number of esters is 1. The van der Waals surface area contributed by atoms with Crippen molar-refractivity contribution in [2.24, 2.45) is 0 Å². The van der Waals surface area contributed by atoms with E-state index in [4.69, 9.17) is 14.2 Å². The van der Waals surface area contributed by atoms with Gasteiger partial charge in [0.15, 0.2) is 23.9 Å². The quantitative estimate of drug-likeness (QED) is 0.397. The van der Waals surface area contributed by atoms with E-state index >= 15 is 0 Å². The number of aryl methyl sites for hydroxylation is 2. The molecule has 0 N–H and O–H groups in total. The molecule has 5 nitrogen and oxygen atoms in total. The zero-order valence-corrected chi connectivity index (χ0v) is 16.1. The van der Waals surface area contributed by atoms with E-state index in [1.54, 1.807) is 18.2 Å². The molecular weight excluding hydrogens is 352 g/mol. The maximum Gasteiger partial charge on any atom is 0.316 e.